The number of imide groups is 1. The average molecular weight is 1270 g/mol. The number of hydrogen-bond acceptors (Lipinski definition) is 15. The number of aliphatic imine (C=N–C) groups is 1. The fourth-order valence-electron chi connectivity index (χ4n) is 12.7. The van der Waals surface area contributed by atoms with Crippen molar-refractivity contribution < 1.29 is 62.4 Å². The molecule has 0 aromatic heterocycles. The molecule has 22 heteroatoms. The van der Waals surface area contributed by atoms with Gasteiger partial charge in [0, 0.05) is 85.9 Å². The van der Waals surface area contributed by atoms with Crippen LogP contribution in [0.4, 0.5) is 21.9 Å². The van der Waals surface area contributed by atoms with Gasteiger partial charge in [-0.05, 0) is 131 Å². The van der Waals surface area contributed by atoms with Crippen molar-refractivity contribution in [3.8, 4) is 17.2 Å². The highest BCUT2D eigenvalue weighted by atomic mass is 16.6. The first-order chi connectivity index (χ1) is 45.3. The number of azide groups is 1. The lowest BCUT2D eigenvalue weighted by atomic mass is 9.88. The molecule has 0 fully saturated rings. The van der Waals surface area contributed by atoms with E-state index in [-0.39, 0.29) is 128 Å². The summed E-state index contributed by atoms with van der Waals surface area (Å²) < 4.78 is 24.6. The van der Waals surface area contributed by atoms with Crippen LogP contribution in [-0.2, 0) is 80.9 Å². The number of hydrogen-bond donors (Lipinski definition) is 2. The Morgan fingerprint density at radius 2 is 1.35 bits per heavy atom. The molecule has 6 aromatic carbocycles. The van der Waals surface area contributed by atoms with Gasteiger partial charge in [0.05, 0.1) is 47.7 Å². The van der Waals surface area contributed by atoms with Crippen molar-refractivity contribution >= 4 is 70.5 Å². The van der Waals surface area contributed by atoms with Crippen molar-refractivity contribution in [1.82, 2.24) is 20.0 Å². The number of carbonyl (C=O) groups is 8. The normalized spacial score (nSPS) is 17.5. The van der Waals surface area contributed by atoms with E-state index in [1.165, 1.54) is 41.9 Å². The van der Waals surface area contributed by atoms with Crippen molar-refractivity contribution in [2.45, 2.75) is 136 Å². The average Bonchev–Trinajstić information content (AvgIpc) is 1.58. The number of nitrogens with one attached hydrogen (secondary N) is 1. The third kappa shape index (κ3) is 14.4. The topological polar surface area (TPSA) is 280 Å². The molecule has 0 radical (unpaired) electrons. The molecule has 2 N–H and O–H groups in total. The highest BCUT2D eigenvalue weighted by molar-refractivity contribution is 6.13. The van der Waals surface area contributed by atoms with E-state index in [0.717, 1.165) is 27.2 Å². The van der Waals surface area contributed by atoms with Gasteiger partial charge in [-0.25, -0.2) is 9.69 Å². The number of anilines is 1. The molecule has 0 aliphatic carbocycles. The van der Waals surface area contributed by atoms with Gasteiger partial charge in [0.1, 0.15) is 31.4 Å². The third-order valence-corrected chi connectivity index (χ3v) is 18.0. The Kier molecular flexibility index (Phi) is 19.8. The van der Waals surface area contributed by atoms with E-state index in [0.29, 0.717) is 71.5 Å². The van der Waals surface area contributed by atoms with Gasteiger partial charge in [-0.1, -0.05) is 98.2 Å². The van der Waals surface area contributed by atoms with Crippen LogP contribution in [0.5, 0.6) is 17.2 Å². The number of ether oxygens (including phenoxy) is 4. The van der Waals surface area contributed by atoms with Crippen LogP contribution in [0.15, 0.2) is 138 Å². The van der Waals surface area contributed by atoms with Gasteiger partial charge in [-0.2, -0.15) is 0 Å². The second-order valence-corrected chi connectivity index (χ2v) is 24.7. The van der Waals surface area contributed by atoms with Gasteiger partial charge >= 0.3 is 6.09 Å². The number of aliphatic hydroxyl groups excluding tert-OH is 1. The predicted octanol–water partition coefficient (Wildman–Crippen LogP) is 10.8. The lowest BCUT2D eigenvalue weighted by molar-refractivity contribution is -0.137. The lowest BCUT2D eigenvalue weighted by Crippen LogP contribution is -2.55. The number of carbonyl (C=O) groups excluding carboxylic acids is 8. The summed E-state index contributed by atoms with van der Waals surface area (Å²) in [5.74, 6) is -2.10. The van der Waals surface area contributed by atoms with E-state index in [1.54, 1.807) is 60.4 Å². The standard InChI is InChI=1S/C72H73N9O13/c1-42(2)56(32-55(82)17-7-6-12-24-78-66(84)22-23-67(78)85)68(86)75-44(4)62(83)29-45-18-20-46(21-19-45)39-94-72(90)81-60-35-65(64(91-5)33-58(60)70(88)80-38-52-16-11-9-14-50(52)31-61(80)71(81)89)93-41-48-26-47(27-53(28-48)76-77-73)40-92-63-34-59-57(25-43(63)3)69(87)79-37-51-15-10-8-13-49(51)30-54(79)36-74-59/h8-11,13-16,18-23,25-28,33-36,42,44,54,56,61,71,89H,6-7,12,17,24,29-32,37-41H2,1-5H3,(H,75,86)/t44-,54-,56-,61-,71?/m0/s1. The third-order valence-electron chi connectivity index (χ3n) is 18.0. The zero-order chi connectivity index (χ0) is 66.3. The van der Waals surface area contributed by atoms with Crippen molar-refractivity contribution in [3.63, 3.8) is 0 Å². The number of unbranched alkanes of at least 4 members (excludes halogenated alkanes) is 2. The molecule has 6 amide bonds. The minimum Gasteiger partial charge on any atom is -0.493 e. The molecule has 0 saturated carbocycles. The van der Waals surface area contributed by atoms with E-state index >= 15 is 0 Å². The Bertz CT molecular complexity index is 4080. The van der Waals surface area contributed by atoms with Gasteiger partial charge in [0.2, 0.25) is 5.91 Å². The molecule has 6 aromatic rings. The Labute approximate surface area is 543 Å². The molecule has 1 unspecified atom stereocenters. The first-order valence-electron chi connectivity index (χ1n) is 31.5. The van der Waals surface area contributed by atoms with Crippen LogP contribution < -0.4 is 24.4 Å². The molecule has 22 nitrogen and oxygen atoms in total. The fourth-order valence-corrected chi connectivity index (χ4v) is 12.7. The summed E-state index contributed by atoms with van der Waals surface area (Å²) in [5, 5.41) is 19.1. The summed E-state index contributed by atoms with van der Waals surface area (Å²) in [5.41, 5.74) is 18.0. The number of fused-ring (bicyclic) bond motifs is 6. The first-order valence-corrected chi connectivity index (χ1v) is 31.5. The van der Waals surface area contributed by atoms with Gasteiger partial charge in [0.25, 0.3) is 23.6 Å². The molecular weight excluding hydrogens is 1200 g/mol. The zero-order valence-corrected chi connectivity index (χ0v) is 53.0. The SMILES string of the molecule is COc1cc2c(cc1OCc1cc(COc3cc4c(cc3C)C(=O)N3Cc5ccccc5C[C@H]3C=N4)cc(N=[N+]=[N-])c1)N(C(=O)OCc1ccc(CC(=O)[C@H](C)NC(=O)[C@@H](CC(=O)CCCCCN3C(=O)C=CC3=O)C(C)C)cc1)C(O)[C@@H]1Cc3ccccc3CN1C2=O. The largest absolute Gasteiger partial charge is 0.493 e. The fraction of sp³-hybridized carbons (Fsp3) is 0.347. The molecule has 484 valence electrons. The minimum atomic E-state index is -1.61. The summed E-state index contributed by atoms with van der Waals surface area (Å²) in [4.78, 5) is 121. The monoisotopic (exact) mass is 1270 g/mol. The van der Waals surface area contributed by atoms with E-state index < -0.39 is 42.1 Å². The highest BCUT2D eigenvalue weighted by Gasteiger charge is 2.46. The summed E-state index contributed by atoms with van der Waals surface area (Å²) in [7, 11) is 1.41. The van der Waals surface area contributed by atoms with Crippen LogP contribution in [0.2, 0.25) is 0 Å². The maximum Gasteiger partial charge on any atom is 0.416 e. The van der Waals surface area contributed by atoms with Crippen molar-refractivity contribution in [1.29, 1.82) is 0 Å². The maximum absolute atomic E-state index is 14.8. The Morgan fingerprint density at radius 1 is 0.713 bits per heavy atom. The van der Waals surface area contributed by atoms with E-state index in [2.05, 4.69) is 21.4 Å². The molecule has 94 heavy (non-hydrogen) atoms. The van der Waals surface area contributed by atoms with Crippen molar-refractivity contribution in [2.75, 3.05) is 18.6 Å². The number of methoxy groups -OCH3 is 1. The first kappa shape index (κ1) is 65.1. The van der Waals surface area contributed by atoms with Crippen LogP contribution in [-0.4, -0.2) is 111 Å². The Hall–Kier alpha value is -10.4. The predicted molar refractivity (Wildman–Crippen MR) is 348 cm³/mol. The second kappa shape index (κ2) is 28.6. The van der Waals surface area contributed by atoms with E-state index in [9.17, 15) is 49.0 Å². The molecule has 0 spiro atoms. The molecule has 5 atom stereocenters. The minimum absolute atomic E-state index is 0.00362. The summed E-state index contributed by atoms with van der Waals surface area (Å²) in [6, 6.07) is 32.2. The van der Waals surface area contributed by atoms with Crippen LogP contribution >= 0.6 is 0 Å². The lowest BCUT2D eigenvalue weighted by Gasteiger charge is -2.39. The molecule has 5 aliphatic rings. The Morgan fingerprint density at radius 3 is 2.02 bits per heavy atom. The Balaban J connectivity index is 0.751. The van der Waals surface area contributed by atoms with Crippen LogP contribution in [0, 0.1) is 18.8 Å². The van der Waals surface area contributed by atoms with Gasteiger partial charge < -0.3 is 39.2 Å². The van der Waals surface area contributed by atoms with E-state index in [1.807, 2.05) is 80.4 Å². The number of ketones is 2. The highest BCUT2D eigenvalue weighted by Crippen LogP contribution is 2.43. The number of aryl methyl sites for hydroxylation is 1. The van der Waals surface area contributed by atoms with Crippen molar-refractivity contribution in [2.24, 2.45) is 21.9 Å². The van der Waals surface area contributed by atoms with Crippen LogP contribution in [0.1, 0.15) is 124 Å². The summed E-state index contributed by atoms with van der Waals surface area (Å²) in [6.07, 6.45) is 4.58. The smallest absolute Gasteiger partial charge is 0.416 e. The molecule has 11 rings (SSSR count). The van der Waals surface area contributed by atoms with Crippen molar-refractivity contribution in [3.05, 3.63) is 199 Å². The van der Waals surface area contributed by atoms with Gasteiger partial charge in [0.15, 0.2) is 23.5 Å². The molecule has 0 saturated heterocycles. The number of rotatable bonds is 24. The maximum atomic E-state index is 14.8. The van der Waals surface area contributed by atoms with Gasteiger partial charge in [-0.3, -0.25) is 43.5 Å². The number of Topliss-reactive ketones (excluding diaryl/α,β-unsaturated/α-hetero) is 2. The molecule has 0 bridgehead atoms. The number of aliphatic hydroxyl groups is 1. The molecule has 5 heterocycles. The molecular formula is C72H73N9O13. The number of benzene rings is 6. The number of amides is 6. The zero-order valence-electron chi connectivity index (χ0n) is 53.0. The summed E-state index contributed by atoms with van der Waals surface area (Å²) in [6.45, 7) is 7.70. The van der Waals surface area contributed by atoms with Crippen LogP contribution in [0.3, 0.4) is 0 Å². The number of nitrogens with zero attached hydrogens (tertiary/aromatic N) is 8. The van der Waals surface area contributed by atoms with Gasteiger partial charge in [-0.15, -0.1) is 0 Å². The van der Waals surface area contributed by atoms with E-state index in [4.69, 9.17) is 23.9 Å². The van der Waals surface area contributed by atoms with Crippen LogP contribution in [0.25, 0.3) is 10.4 Å². The molecule has 5 aliphatic heterocycles. The quantitative estimate of drug-likeness (QED) is 0.0188. The summed E-state index contributed by atoms with van der Waals surface area (Å²) >= 11 is 0. The second-order valence-electron chi connectivity index (χ2n) is 24.7.